The largest absolute Gasteiger partial charge is 0.493 e. The number of esters is 1. The molecule has 32 heavy (non-hydrogen) atoms. The van der Waals surface area contributed by atoms with Gasteiger partial charge in [-0.25, -0.2) is 4.79 Å². The minimum Gasteiger partial charge on any atom is -0.493 e. The van der Waals surface area contributed by atoms with Gasteiger partial charge in [0.25, 0.3) is 0 Å². The molecule has 5 nitrogen and oxygen atoms in total. The predicted molar refractivity (Wildman–Crippen MR) is 125 cm³/mol. The monoisotopic (exact) mass is 454 g/mol. The Hall–Kier alpha value is -3.18. The zero-order valence-electron chi connectivity index (χ0n) is 18.7. The van der Waals surface area contributed by atoms with E-state index in [1.807, 2.05) is 43.3 Å². The molecule has 0 heterocycles. The molecular formula is C26H27ClO5. The highest BCUT2D eigenvalue weighted by Gasteiger charge is 2.20. The molecule has 3 rings (SSSR count). The van der Waals surface area contributed by atoms with E-state index in [9.17, 15) is 4.79 Å². The molecule has 0 aliphatic heterocycles. The quantitative estimate of drug-likeness (QED) is 0.360. The SMILES string of the molecule is COc1cc(CCC(OC(=O)c2ccc(Cl)cc2)c2ccc(C)cc2)cc(OC)c1OC. The molecule has 0 aliphatic carbocycles. The van der Waals surface area contributed by atoms with E-state index in [4.69, 9.17) is 30.5 Å². The van der Waals surface area contributed by atoms with Gasteiger partial charge < -0.3 is 18.9 Å². The van der Waals surface area contributed by atoms with E-state index in [0.29, 0.717) is 40.7 Å². The van der Waals surface area contributed by atoms with E-state index in [-0.39, 0.29) is 0 Å². The third-order valence-electron chi connectivity index (χ3n) is 5.20. The van der Waals surface area contributed by atoms with E-state index >= 15 is 0 Å². The molecule has 1 unspecified atom stereocenters. The summed E-state index contributed by atoms with van der Waals surface area (Å²) in [7, 11) is 4.75. The van der Waals surface area contributed by atoms with Gasteiger partial charge in [0, 0.05) is 5.02 Å². The van der Waals surface area contributed by atoms with Crippen LogP contribution in [0.15, 0.2) is 60.7 Å². The Morgan fingerprint density at radius 1 is 0.875 bits per heavy atom. The average molecular weight is 455 g/mol. The van der Waals surface area contributed by atoms with Gasteiger partial charge in [-0.1, -0.05) is 41.4 Å². The number of rotatable bonds is 9. The number of halogens is 1. The van der Waals surface area contributed by atoms with Crippen LogP contribution in [-0.2, 0) is 11.2 Å². The molecule has 0 aliphatic rings. The van der Waals surface area contributed by atoms with Gasteiger partial charge in [0.05, 0.1) is 26.9 Å². The summed E-state index contributed by atoms with van der Waals surface area (Å²) in [6.07, 6.45) is 0.808. The van der Waals surface area contributed by atoms with Crippen LogP contribution in [0.4, 0.5) is 0 Å². The van der Waals surface area contributed by atoms with E-state index < -0.39 is 12.1 Å². The van der Waals surface area contributed by atoms with E-state index in [2.05, 4.69) is 0 Å². The Balaban J connectivity index is 1.83. The molecule has 0 saturated heterocycles. The van der Waals surface area contributed by atoms with Gasteiger partial charge in [-0.05, 0) is 67.3 Å². The summed E-state index contributed by atoms with van der Waals surface area (Å²) in [4.78, 5) is 12.8. The number of aryl methyl sites for hydroxylation is 2. The lowest BCUT2D eigenvalue weighted by Gasteiger charge is -2.20. The standard InChI is InChI=1S/C26H27ClO5/c1-17-5-8-19(9-6-17)22(32-26(28)20-10-12-21(27)13-11-20)14-7-18-15-23(29-2)25(31-4)24(16-18)30-3/h5-6,8-13,15-16,22H,7,14H2,1-4H3. The molecule has 6 heteroatoms. The summed E-state index contributed by atoms with van der Waals surface area (Å²) in [6.45, 7) is 2.02. The van der Waals surface area contributed by atoms with Gasteiger partial charge in [-0.3, -0.25) is 0 Å². The average Bonchev–Trinajstić information content (AvgIpc) is 2.81. The summed E-state index contributed by atoms with van der Waals surface area (Å²) >= 11 is 5.94. The normalized spacial score (nSPS) is 11.5. The summed E-state index contributed by atoms with van der Waals surface area (Å²) < 4.78 is 22.2. The Kier molecular flexibility index (Phi) is 8.01. The fraction of sp³-hybridized carbons (Fsp3) is 0.269. The molecule has 0 amide bonds. The van der Waals surface area contributed by atoms with E-state index in [1.54, 1.807) is 45.6 Å². The van der Waals surface area contributed by atoms with Crippen molar-refractivity contribution in [3.8, 4) is 17.2 Å². The minimum absolute atomic E-state index is 0.392. The van der Waals surface area contributed by atoms with Crippen LogP contribution in [-0.4, -0.2) is 27.3 Å². The van der Waals surface area contributed by atoms with Crippen LogP contribution in [0.3, 0.4) is 0 Å². The van der Waals surface area contributed by atoms with Crippen LogP contribution in [0.5, 0.6) is 17.2 Å². The molecule has 0 radical (unpaired) electrons. The van der Waals surface area contributed by atoms with Crippen molar-refractivity contribution in [2.75, 3.05) is 21.3 Å². The van der Waals surface area contributed by atoms with Crippen LogP contribution in [0.25, 0.3) is 0 Å². The number of carbonyl (C=O) groups excluding carboxylic acids is 1. The second-order valence-electron chi connectivity index (χ2n) is 7.38. The Morgan fingerprint density at radius 2 is 1.47 bits per heavy atom. The van der Waals surface area contributed by atoms with E-state index in [1.165, 1.54) is 0 Å². The molecule has 0 fully saturated rings. The van der Waals surface area contributed by atoms with Crippen molar-refractivity contribution < 1.29 is 23.7 Å². The fourth-order valence-electron chi connectivity index (χ4n) is 3.44. The highest BCUT2D eigenvalue weighted by Crippen LogP contribution is 2.39. The Labute approximate surface area is 193 Å². The predicted octanol–water partition coefficient (Wildman–Crippen LogP) is 6.21. The van der Waals surface area contributed by atoms with Gasteiger partial charge in [0.1, 0.15) is 6.10 Å². The summed E-state index contributed by atoms with van der Waals surface area (Å²) in [6, 6.07) is 18.5. The molecule has 1 atom stereocenters. The fourth-order valence-corrected chi connectivity index (χ4v) is 3.56. The van der Waals surface area contributed by atoms with Gasteiger partial charge in [0.2, 0.25) is 5.75 Å². The first-order chi connectivity index (χ1) is 15.4. The molecule has 3 aromatic carbocycles. The van der Waals surface area contributed by atoms with Crippen LogP contribution >= 0.6 is 11.6 Å². The number of hydrogen-bond donors (Lipinski definition) is 0. The van der Waals surface area contributed by atoms with Gasteiger partial charge in [-0.15, -0.1) is 0 Å². The molecule has 0 spiro atoms. The van der Waals surface area contributed by atoms with Crippen molar-refractivity contribution in [1.82, 2.24) is 0 Å². The summed E-state index contributed by atoms with van der Waals surface area (Å²) in [5.74, 6) is 1.33. The first kappa shape index (κ1) is 23.5. The lowest BCUT2D eigenvalue weighted by molar-refractivity contribution is 0.0277. The number of carbonyl (C=O) groups is 1. The maximum atomic E-state index is 12.8. The van der Waals surface area contributed by atoms with E-state index in [0.717, 1.165) is 16.7 Å². The van der Waals surface area contributed by atoms with Crippen molar-refractivity contribution >= 4 is 17.6 Å². The number of ether oxygens (including phenoxy) is 4. The molecule has 168 valence electrons. The lowest BCUT2D eigenvalue weighted by Crippen LogP contribution is -2.13. The first-order valence-corrected chi connectivity index (χ1v) is 10.6. The third kappa shape index (κ3) is 5.74. The van der Waals surface area contributed by atoms with Crippen molar-refractivity contribution in [3.05, 3.63) is 87.9 Å². The maximum absolute atomic E-state index is 12.8. The van der Waals surface area contributed by atoms with Crippen molar-refractivity contribution in [2.45, 2.75) is 25.9 Å². The summed E-state index contributed by atoms with van der Waals surface area (Å²) in [5, 5.41) is 0.569. The molecule has 0 aromatic heterocycles. The molecule has 0 N–H and O–H groups in total. The van der Waals surface area contributed by atoms with Crippen molar-refractivity contribution in [2.24, 2.45) is 0 Å². The van der Waals surface area contributed by atoms with Crippen molar-refractivity contribution in [1.29, 1.82) is 0 Å². The number of methoxy groups -OCH3 is 3. The minimum atomic E-state index is -0.419. The maximum Gasteiger partial charge on any atom is 0.338 e. The first-order valence-electron chi connectivity index (χ1n) is 10.3. The highest BCUT2D eigenvalue weighted by atomic mass is 35.5. The zero-order valence-corrected chi connectivity index (χ0v) is 19.4. The van der Waals surface area contributed by atoms with Crippen LogP contribution in [0.2, 0.25) is 5.02 Å². The summed E-state index contributed by atoms with van der Waals surface area (Å²) in [5.41, 5.74) is 3.52. The van der Waals surface area contributed by atoms with Crippen LogP contribution < -0.4 is 14.2 Å². The van der Waals surface area contributed by atoms with Gasteiger partial charge in [-0.2, -0.15) is 0 Å². The third-order valence-corrected chi connectivity index (χ3v) is 5.45. The zero-order chi connectivity index (χ0) is 23.1. The Bertz CT molecular complexity index is 1020. The van der Waals surface area contributed by atoms with Crippen LogP contribution in [0.1, 0.15) is 39.6 Å². The topological polar surface area (TPSA) is 54.0 Å². The second kappa shape index (κ2) is 10.9. The van der Waals surface area contributed by atoms with Gasteiger partial charge in [0.15, 0.2) is 11.5 Å². The Morgan fingerprint density at radius 3 is 2.00 bits per heavy atom. The molecule has 0 saturated carbocycles. The second-order valence-corrected chi connectivity index (χ2v) is 7.82. The lowest BCUT2D eigenvalue weighted by atomic mass is 9.99. The van der Waals surface area contributed by atoms with Crippen LogP contribution in [0, 0.1) is 6.92 Å². The smallest absolute Gasteiger partial charge is 0.338 e. The molecule has 0 bridgehead atoms. The molecular weight excluding hydrogens is 428 g/mol. The molecule has 3 aromatic rings. The van der Waals surface area contributed by atoms with Crippen molar-refractivity contribution in [3.63, 3.8) is 0 Å². The number of hydrogen-bond acceptors (Lipinski definition) is 5. The highest BCUT2D eigenvalue weighted by molar-refractivity contribution is 6.30. The number of benzene rings is 3. The van der Waals surface area contributed by atoms with Gasteiger partial charge >= 0.3 is 5.97 Å².